The summed E-state index contributed by atoms with van der Waals surface area (Å²) in [6.45, 7) is 2.12. The van der Waals surface area contributed by atoms with Gasteiger partial charge in [-0.1, -0.05) is 0 Å². The molecule has 102 valence electrons. The molecule has 1 aromatic heterocycles. The number of likely N-dealkylation sites (tertiary alicyclic amines) is 1. The highest BCUT2D eigenvalue weighted by Gasteiger charge is 2.50. The van der Waals surface area contributed by atoms with Crippen LogP contribution in [0.25, 0.3) is 0 Å². The van der Waals surface area contributed by atoms with Crippen molar-refractivity contribution in [3.8, 4) is 0 Å². The van der Waals surface area contributed by atoms with E-state index in [1.165, 1.54) is 12.5 Å². The summed E-state index contributed by atoms with van der Waals surface area (Å²) in [5.41, 5.74) is 5.93. The Morgan fingerprint density at radius 3 is 2.58 bits per heavy atom. The summed E-state index contributed by atoms with van der Waals surface area (Å²) >= 11 is 0. The summed E-state index contributed by atoms with van der Waals surface area (Å²) in [7, 11) is 0. The highest BCUT2D eigenvalue weighted by Crippen LogP contribution is 2.35. The second-order valence-electron chi connectivity index (χ2n) is 5.03. The van der Waals surface area contributed by atoms with E-state index in [1.807, 2.05) is 12.1 Å². The van der Waals surface area contributed by atoms with Crippen molar-refractivity contribution in [2.45, 2.75) is 38.1 Å². The Labute approximate surface area is 112 Å². The van der Waals surface area contributed by atoms with E-state index in [1.54, 1.807) is 17.3 Å². The monoisotopic (exact) mass is 261 g/mol. The van der Waals surface area contributed by atoms with Crippen LogP contribution in [0.15, 0.2) is 24.5 Å². The highest BCUT2D eigenvalue weighted by atomic mass is 16.2. The maximum Gasteiger partial charge on any atom is 0.243 e. The number of rotatable bonds is 5. The highest BCUT2D eigenvalue weighted by molar-refractivity contribution is 5.91. The van der Waals surface area contributed by atoms with Gasteiger partial charge in [0.2, 0.25) is 11.8 Å². The van der Waals surface area contributed by atoms with Gasteiger partial charge in [-0.25, -0.2) is 0 Å². The summed E-state index contributed by atoms with van der Waals surface area (Å²) in [5.74, 6) is -0.461. The zero-order chi connectivity index (χ0) is 13.9. The van der Waals surface area contributed by atoms with Gasteiger partial charge < -0.3 is 10.6 Å². The number of primary amides is 1. The lowest BCUT2D eigenvalue weighted by Gasteiger charge is -2.50. The SMILES string of the molecule is CC(=O)N1CCC1(CCCc1ccncc1)C(N)=O. The quantitative estimate of drug-likeness (QED) is 0.854. The number of nitrogens with zero attached hydrogens (tertiary/aromatic N) is 2. The number of carbonyl (C=O) groups is 2. The molecule has 1 unspecified atom stereocenters. The van der Waals surface area contributed by atoms with Gasteiger partial charge in [-0.05, 0) is 43.4 Å². The van der Waals surface area contributed by atoms with E-state index < -0.39 is 5.54 Å². The molecule has 0 aromatic carbocycles. The van der Waals surface area contributed by atoms with Crippen molar-refractivity contribution < 1.29 is 9.59 Å². The fourth-order valence-electron chi connectivity index (χ4n) is 2.73. The maximum atomic E-state index is 11.7. The average Bonchev–Trinajstić information content (AvgIpc) is 2.33. The maximum absolute atomic E-state index is 11.7. The van der Waals surface area contributed by atoms with Gasteiger partial charge in [-0.2, -0.15) is 0 Å². The molecule has 0 bridgehead atoms. The molecule has 2 N–H and O–H groups in total. The van der Waals surface area contributed by atoms with Crippen molar-refractivity contribution in [3.05, 3.63) is 30.1 Å². The molecule has 0 aliphatic carbocycles. The minimum Gasteiger partial charge on any atom is -0.368 e. The third kappa shape index (κ3) is 2.59. The molecular formula is C14H19N3O2. The van der Waals surface area contributed by atoms with Gasteiger partial charge in [0.05, 0.1) is 0 Å². The van der Waals surface area contributed by atoms with Crippen molar-refractivity contribution in [2.75, 3.05) is 6.54 Å². The summed E-state index contributed by atoms with van der Waals surface area (Å²) in [5, 5.41) is 0. The number of aryl methyl sites for hydroxylation is 1. The minimum atomic E-state index is -0.751. The molecule has 5 nitrogen and oxygen atoms in total. The third-order valence-electron chi connectivity index (χ3n) is 3.91. The molecular weight excluding hydrogens is 242 g/mol. The number of aromatic nitrogens is 1. The van der Waals surface area contributed by atoms with Crippen LogP contribution in [-0.4, -0.2) is 33.8 Å². The van der Waals surface area contributed by atoms with Gasteiger partial charge in [-0.15, -0.1) is 0 Å². The van der Waals surface area contributed by atoms with Crippen molar-refractivity contribution in [1.82, 2.24) is 9.88 Å². The fourth-order valence-corrected chi connectivity index (χ4v) is 2.73. The smallest absolute Gasteiger partial charge is 0.243 e. The summed E-state index contributed by atoms with van der Waals surface area (Å²) < 4.78 is 0. The minimum absolute atomic E-state index is 0.0750. The lowest BCUT2D eigenvalue weighted by molar-refractivity contribution is -0.156. The van der Waals surface area contributed by atoms with Crippen LogP contribution in [0, 0.1) is 0 Å². The van der Waals surface area contributed by atoms with E-state index in [0.717, 1.165) is 12.8 Å². The molecule has 1 saturated heterocycles. The largest absolute Gasteiger partial charge is 0.368 e. The molecule has 5 heteroatoms. The molecule has 2 amide bonds. The number of hydrogen-bond acceptors (Lipinski definition) is 3. The first-order chi connectivity index (χ1) is 9.06. The molecule has 0 radical (unpaired) electrons. The lowest BCUT2D eigenvalue weighted by atomic mass is 9.79. The number of nitrogens with two attached hydrogens (primary N) is 1. The normalized spacial score (nSPS) is 21.8. The van der Waals surface area contributed by atoms with Crippen LogP contribution < -0.4 is 5.73 Å². The van der Waals surface area contributed by atoms with Crippen LogP contribution in [0.5, 0.6) is 0 Å². The molecule has 0 spiro atoms. The predicted octanol–water partition coefficient (Wildman–Crippen LogP) is 0.881. The van der Waals surface area contributed by atoms with Crippen LogP contribution in [0.1, 0.15) is 31.7 Å². The van der Waals surface area contributed by atoms with Gasteiger partial charge in [0.15, 0.2) is 0 Å². The average molecular weight is 261 g/mol. The zero-order valence-electron chi connectivity index (χ0n) is 11.1. The number of hydrogen-bond donors (Lipinski definition) is 1. The van der Waals surface area contributed by atoms with E-state index in [2.05, 4.69) is 4.98 Å². The second-order valence-corrected chi connectivity index (χ2v) is 5.03. The third-order valence-corrected chi connectivity index (χ3v) is 3.91. The van der Waals surface area contributed by atoms with Crippen LogP contribution in [0.3, 0.4) is 0 Å². The van der Waals surface area contributed by atoms with Crippen LogP contribution in [-0.2, 0) is 16.0 Å². The molecule has 1 fully saturated rings. The van der Waals surface area contributed by atoms with Crippen LogP contribution >= 0.6 is 0 Å². The summed E-state index contributed by atoms with van der Waals surface area (Å²) in [6.07, 6.45) is 6.51. The van der Waals surface area contributed by atoms with E-state index in [0.29, 0.717) is 19.4 Å². The standard InChI is InChI=1S/C14H19N3O2/c1-11(18)17-10-7-14(17,13(15)19)6-2-3-12-4-8-16-9-5-12/h4-5,8-9H,2-3,6-7,10H2,1H3,(H2,15,19). The van der Waals surface area contributed by atoms with Gasteiger partial charge in [0.25, 0.3) is 0 Å². The molecule has 1 aliphatic rings. The molecule has 2 heterocycles. The topological polar surface area (TPSA) is 76.3 Å². The fraction of sp³-hybridized carbons (Fsp3) is 0.500. The molecule has 19 heavy (non-hydrogen) atoms. The van der Waals surface area contributed by atoms with Crippen molar-refractivity contribution in [1.29, 1.82) is 0 Å². The Bertz CT molecular complexity index is 475. The Kier molecular flexibility index (Phi) is 3.83. The van der Waals surface area contributed by atoms with Gasteiger partial charge in [0, 0.05) is 25.9 Å². The van der Waals surface area contributed by atoms with Crippen molar-refractivity contribution in [3.63, 3.8) is 0 Å². The van der Waals surface area contributed by atoms with E-state index in [-0.39, 0.29) is 11.8 Å². The summed E-state index contributed by atoms with van der Waals surface area (Å²) in [4.78, 5) is 28.7. The Morgan fingerprint density at radius 1 is 1.42 bits per heavy atom. The van der Waals surface area contributed by atoms with E-state index >= 15 is 0 Å². The first kappa shape index (κ1) is 13.5. The van der Waals surface area contributed by atoms with E-state index in [9.17, 15) is 9.59 Å². The summed E-state index contributed by atoms with van der Waals surface area (Å²) in [6, 6.07) is 3.92. The molecule has 2 rings (SSSR count). The van der Waals surface area contributed by atoms with Gasteiger partial charge >= 0.3 is 0 Å². The molecule has 1 aliphatic heterocycles. The molecule has 0 saturated carbocycles. The van der Waals surface area contributed by atoms with Crippen molar-refractivity contribution >= 4 is 11.8 Å². The van der Waals surface area contributed by atoms with Gasteiger partial charge in [-0.3, -0.25) is 14.6 Å². The number of pyridine rings is 1. The number of amides is 2. The predicted molar refractivity (Wildman–Crippen MR) is 71.1 cm³/mol. The van der Waals surface area contributed by atoms with E-state index in [4.69, 9.17) is 5.73 Å². The first-order valence-corrected chi connectivity index (χ1v) is 6.53. The lowest BCUT2D eigenvalue weighted by Crippen LogP contribution is -2.67. The second kappa shape index (κ2) is 5.38. The number of carbonyl (C=O) groups excluding carboxylic acids is 2. The van der Waals surface area contributed by atoms with Crippen LogP contribution in [0.4, 0.5) is 0 Å². The van der Waals surface area contributed by atoms with Crippen molar-refractivity contribution in [2.24, 2.45) is 5.73 Å². The molecule has 1 atom stereocenters. The first-order valence-electron chi connectivity index (χ1n) is 6.53. The Hall–Kier alpha value is -1.91. The Balaban J connectivity index is 1.96. The van der Waals surface area contributed by atoms with Crippen LogP contribution in [0.2, 0.25) is 0 Å². The Morgan fingerprint density at radius 2 is 2.11 bits per heavy atom. The van der Waals surface area contributed by atoms with Gasteiger partial charge in [0.1, 0.15) is 5.54 Å². The molecule has 1 aromatic rings. The zero-order valence-corrected chi connectivity index (χ0v) is 11.1.